The number of carboxylic acids is 1. The van der Waals surface area contributed by atoms with E-state index in [1.165, 1.54) is 18.2 Å². The zero-order valence-corrected chi connectivity index (χ0v) is 20.8. The highest BCUT2D eigenvalue weighted by Gasteiger charge is 2.51. The number of cyclic esters (lactones) is 1. The van der Waals surface area contributed by atoms with E-state index >= 15 is 0 Å². The summed E-state index contributed by atoms with van der Waals surface area (Å²) in [5, 5.41) is 31.0. The number of hydrogen-bond acceptors (Lipinski definition) is 5. The van der Waals surface area contributed by atoms with Crippen molar-refractivity contribution in [3.63, 3.8) is 0 Å². The Balaban J connectivity index is 2.20. The summed E-state index contributed by atoms with van der Waals surface area (Å²) in [4.78, 5) is 25.1. The van der Waals surface area contributed by atoms with Crippen molar-refractivity contribution in [2.75, 3.05) is 0 Å². The van der Waals surface area contributed by atoms with Crippen LogP contribution in [0.4, 0.5) is 0 Å². The number of fused-ring (bicyclic) bond motifs is 1. The van der Waals surface area contributed by atoms with Gasteiger partial charge in [-0.3, -0.25) is 0 Å². The van der Waals surface area contributed by atoms with E-state index in [4.69, 9.17) is 4.74 Å². The summed E-state index contributed by atoms with van der Waals surface area (Å²) in [5.41, 5.74) is 3.30. The van der Waals surface area contributed by atoms with Gasteiger partial charge in [-0.2, -0.15) is 0 Å². The summed E-state index contributed by atoms with van der Waals surface area (Å²) in [6.45, 7) is 11.5. The normalized spacial score (nSPS) is 14.3. The van der Waals surface area contributed by atoms with Crippen LogP contribution in [-0.4, -0.2) is 27.3 Å². The molecule has 3 aromatic rings. The van der Waals surface area contributed by atoms with Gasteiger partial charge in [0.1, 0.15) is 11.5 Å². The molecular formula is C29H30O6. The van der Waals surface area contributed by atoms with Crippen LogP contribution in [0, 0.1) is 13.8 Å². The van der Waals surface area contributed by atoms with Crippen molar-refractivity contribution in [1.82, 2.24) is 0 Å². The summed E-state index contributed by atoms with van der Waals surface area (Å²) in [6, 6.07) is 11.4. The van der Waals surface area contributed by atoms with Gasteiger partial charge in [-0.15, -0.1) is 0 Å². The summed E-state index contributed by atoms with van der Waals surface area (Å²) >= 11 is 0. The maximum absolute atomic E-state index is 13.2. The number of aryl methyl sites for hydroxylation is 2. The molecule has 35 heavy (non-hydrogen) atoms. The third kappa shape index (κ3) is 3.73. The molecule has 0 amide bonds. The first kappa shape index (κ1) is 24.3. The first-order valence-electron chi connectivity index (χ1n) is 11.7. The van der Waals surface area contributed by atoms with E-state index < -0.39 is 17.5 Å². The van der Waals surface area contributed by atoms with Gasteiger partial charge >= 0.3 is 11.9 Å². The maximum Gasteiger partial charge on any atom is 0.340 e. The number of hydrogen-bond donors (Lipinski definition) is 3. The number of phenols is 2. The van der Waals surface area contributed by atoms with Crippen LogP contribution >= 0.6 is 0 Å². The van der Waals surface area contributed by atoms with Crippen molar-refractivity contribution in [1.29, 1.82) is 0 Å². The van der Waals surface area contributed by atoms with Crippen molar-refractivity contribution >= 4 is 11.9 Å². The Labute approximate surface area is 204 Å². The van der Waals surface area contributed by atoms with E-state index in [1.807, 2.05) is 53.7 Å². The Bertz CT molecular complexity index is 1300. The molecule has 6 nitrogen and oxygen atoms in total. The monoisotopic (exact) mass is 474 g/mol. The third-order valence-electron chi connectivity index (χ3n) is 6.86. The Morgan fingerprint density at radius 1 is 0.800 bits per heavy atom. The number of esters is 1. The molecule has 3 N–H and O–H groups in total. The molecule has 182 valence electrons. The molecule has 0 saturated carbocycles. The van der Waals surface area contributed by atoms with Crippen LogP contribution in [0.2, 0.25) is 0 Å². The number of carbonyl (C=O) groups is 2. The molecule has 1 heterocycles. The van der Waals surface area contributed by atoms with Crippen molar-refractivity contribution in [3.05, 3.63) is 92.5 Å². The van der Waals surface area contributed by atoms with Gasteiger partial charge in [0.25, 0.3) is 0 Å². The van der Waals surface area contributed by atoms with Gasteiger partial charge in [0.05, 0.1) is 11.1 Å². The van der Waals surface area contributed by atoms with E-state index in [9.17, 15) is 24.9 Å². The quantitative estimate of drug-likeness (QED) is 0.385. The summed E-state index contributed by atoms with van der Waals surface area (Å²) in [5.74, 6) is -1.41. The largest absolute Gasteiger partial charge is 0.508 e. The van der Waals surface area contributed by atoms with Crippen LogP contribution in [0.25, 0.3) is 0 Å². The number of rotatable bonds is 5. The van der Waals surface area contributed by atoms with Gasteiger partial charge in [-0.05, 0) is 90.4 Å². The average molecular weight is 475 g/mol. The van der Waals surface area contributed by atoms with Crippen LogP contribution in [0.1, 0.15) is 99.2 Å². The van der Waals surface area contributed by atoms with E-state index in [0.717, 1.165) is 0 Å². The number of ether oxygens (including phenoxy) is 1. The number of aromatic carboxylic acids is 1. The highest BCUT2D eigenvalue weighted by molar-refractivity contribution is 5.98. The van der Waals surface area contributed by atoms with Gasteiger partial charge in [-0.1, -0.05) is 27.7 Å². The second kappa shape index (κ2) is 8.45. The molecule has 0 spiro atoms. The second-order valence-corrected chi connectivity index (χ2v) is 9.90. The topological polar surface area (TPSA) is 104 Å². The zero-order valence-electron chi connectivity index (χ0n) is 20.8. The number of carboxylic acid groups (broad SMARTS) is 1. The lowest BCUT2D eigenvalue weighted by Gasteiger charge is -2.34. The molecule has 0 aromatic heterocycles. The fourth-order valence-corrected chi connectivity index (χ4v) is 5.04. The number of phenolic OH excluding ortho intramolecular Hbond substituents is 2. The van der Waals surface area contributed by atoms with Crippen LogP contribution in [0.15, 0.2) is 42.5 Å². The molecule has 4 rings (SSSR count). The molecule has 6 heteroatoms. The average Bonchev–Trinajstić information content (AvgIpc) is 3.05. The lowest BCUT2D eigenvalue weighted by Crippen LogP contribution is -2.32. The molecule has 1 aliphatic heterocycles. The van der Waals surface area contributed by atoms with E-state index in [1.54, 1.807) is 12.1 Å². The number of aromatic hydroxyl groups is 2. The van der Waals surface area contributed by atoms with Crippen molar-refractivity contribution < 1.29 is 29.6 Å². The zero-order chi connectivity index (χ0) is 25.8. The van der Waals surface area contributed by atoms with E-state index in [0.29, 0.717) is 38.9 Å². The Kier molecular flexibility index (Phi) is 5.87. The third-order valence-corrected chi connectivity index (χ3v) is 6.86. The molecule has 0 atom stereocenters. The molecule has 0 unspecified atom stereocenters. The van der Waals surface area contributed by atoms with Crippen LogP contribution < -0.4 is 0 Å². The van der Waals surface area contributed by atoms with Gasteiger partial charge in [0.2, 0.25) is 0 Å². The summed E-state index contributed by atoms with van der Waals surface area (Å²) in [7, 11) is 0. The number of benzene rings is 3. The Morgan fingerprint density at radius 3 is 1.71 bits per heavy atom. The molecule has 0 fully saturated rings. The standard InChI is InChI=1S/C29H30O6/c1-14(2)20-12-22(16(5)9-25(20)30)29(23-13-21(15(3)4)26(31)10-17(23)6)24-11-18(27(32)33)7-8-19(24)28(34)35-29/h7-15,30-31H,1-6H3,(H,32,33). The molecule has 0 saturated heterocycles. The predicted octanol–water partition coefficient (Wildman–Crippen LogP) is 6.12. The van der Waals surface area contributed by atoms with Crippen LogP contribution in [0.3, 0.4) is 0 Å². The summed E-state index contributed by atoms with van der Waals surface area (Å²) < 4.78 is 6.24. The maximum atomic E-state index is 13.2. The van der Waals surface area contributed by atoms with Crippen molar-refractivity contribution in [2.24, 2.45) is 0 Å². The molecule has 1 aliphatic rings. The smallest absolute Gasteiger partial charge is 0.340 e. The fourth-order valence-electron chi connectivity index (χ4n) is 5.04. The van der Waals surface area contributed by atoms with Gasteiger partial charge in [0, 0.05) is 16.7 Å². The lowest BCUT2D eigenvalue weighted by molar-refractivity contribution is 0.0247. The SMILES string of the molecule is Cc1cc(O)c(C(C)C)cc1C1(c2cc(C(C)C)c(O)cc2C)OC(=O)c2ccc(C(=O)O)cc21. The number of carbonyl (C=O) groups excluding carboxylic acids is 1. The minimum Gasteiger partial charge on any atom is -0.508 e. The van der Waals surface area contributed by atoms with E-state index in [-0.39, 0.29) is 34.5 Å². The molecule has 0 aliphatic carbocycles. The molecule has 0 radical (unpaired) electrons. The van der Waals surface area contributed by atoms with Gasteiger partial charge < -0.3 is 20.1 Å². The molecule has 3 aromatic carbocycles. The molecular weight excluding hydrogens is 444 g/mol. The lowest BCUT2D eigenvalue weighted by atomic mass is 9.74. The predicted molar refractivity (Wildman–Crippen MR) is 133 cm³/mol. The van der Waals surface area contributed by atoms with Crippen molar-refractivity contribution in [3.8, 4) is 11.5 Å². The Morgan fingerprint density at radius 2 is 1.29 bits per heavy atom. The fraction of sp³-hybridized carbons (Fsp3) is 0.310. The minimum absolute atomic E-state index is 0.0135. The van der Waals surface area contributed by atoms with Gasteiger partial charge in [0.15, 0.2) is 5.60 Å². The van der Waals surface area contributed by atoms with Crippen LogP contribution in [-0.2, 0) is 10.3 Å². The first-order chi connectivity index (χ1) is 16.4. The summed E-state index contributed by atoms with van der Waals surface area (Å²) in [6.07, 6.45) is 0. The van der Waals surface area contributed by atoms with Crippen molar-refractivity contribution in [2.45, 2.75) is 59.0 Å². The highest BCUT2D eigenvalue weighted by atomic mass is 16.6. The highest BCUT2D eigenvalue weighted by Crippen LogP contribution is 2.51. The minimum atomic E-state index is -1.46. The second-order valence-electron chi connectivity index (χ2n) is 9.90. The first-order valence-corrected chi connectivity index (χ1v) is 11.7. The van der Waals surface area contributed by atoms with E-state index in [2.05, 4.69) is 0 Å². The van der Waals surface area contributed by atoms with Crippen LogP contribution in [0.5, 0.6) is 11.5 Å². The Hall–Kier alpha value is -3.80. The van der Waals surface area contributed by atoms with Gasteiger partial charge in [-0.25, -0.2) is 9.59 Å². The molecule has 0 bridgehead atoms.